The van der Waals surface area contributed by atoms with E-state index in [0.29, 0.717) is 6.42 Å². The lowest BCUT2D eigenvalue weighted by atomic mass is 10.2. The SMILES string of the molecule is N#Cc1cc(NC(=O)C2CC2C(=O)O)ccc1F. The molecule has 0 aliphatic heterocycles. The van der Waals surface area contributed by atoms with E-state index in [1.165, 1.54) is 12.1 Å². The highest BCUT2D eigenvalue weighted by Crippen LogP contribution is 2.39. The van der Waals surface area contributed by atoms with Crippen LogP contribution in [0.3, 0.4) is 0 Å². The molecule has 2 rings (SSSR count). The number of carboxylic acid groups (broad SMARTS) is 1. The quantitative estimate of drug-likeness (QED) is 0.844. The Kier molecular flexibility index (Phi) is 2.98. The van der Waals surface area contributed by atoms with Crippen molar-refractivity contribution in [2.45, 2.75) is 6.42 Å². The lowest BCUT2D eigenvalue weighted by Crippen LogP contribution is -2.16. The number of rotatable bonds is 3. The van der Waals surface area contributed by atoms with Crippen LogP contribution in [0.1, 0.15) is 12.0 Å². The van der Waals surface area contributed by atoms with Gasteiger partial charge in [0, 0.05) is 5.69 Å². The Hall–Kier alpha value is -2.42. The molecule has 1 amide bonds. The number of hydrogen-bond donors (Lipinski definition) is 2. The monoisotopic (exact) mass is 248 g/mol. The number of nitrogens with zero attached hydrogens (tertiary/aromatic N) is 1. The van der Waals surface area contributed by atoms with Crippen LogP contribution in [0.2, 0.25) is 0 Å². The maximum absolute atomic E-state index is 13.0. The number of halogens is 1. The summed E-state index contributed by atoms with van der Waals surface area (Å²) in [6, 6.07) is 5.28. The number of anilines is 1. The largest absolute Gasteiger partial charge is 0.481 e. The highest BCUT2D eigenvalue weighted by molar-refractivity contribution is 5.98. The third-order valence-electron chi connectivity index (χ3n) is 2.80. The standard InChI is InChI=1S/C12H9FN2O3/c13-10-2-1-7(3-6(10)5-14)15-11(16)8-4-9(8)12(17)18/h1-3,8-9H,4H2,(H,15,16)(H,17,18). The maximum Gasteiger partial charge on any atom is 0.307 e. The number of carboxylic acids is 1. The fraction of sp³-hybridized carbons (Fsp3) is 0.250. The average molecular weight is 248 g/mol. The van der Waals surface area contributed by atoms with Gasteiger partial charge in [-0.25, -0.2) is 4.39 Å². The molecule has 2 unspecified atom stereocenters. The van der Waals surface area contributed by atoms with Crippen LogP contribution in [-0.4, -0.2) is 17.0 Å². The van der Waals surface area contributed by atoms with E-state index in [0.717, 1.165) is 6.07 Å². The molecular weight excluding hydrogens is 239 g/mol. The molecule has 1 aromatic carbocycles. The third-order valence-corrected chi connectivity index (χ3v) is 2.80. The van der Waals surface area contributed by atoms with Gasteiger partial charge in [0.25, 0.3) is 0 Å². The van der Waals surface area contributed by atoms with Gasteiger partial charge in [-0.05, 0) is 24.6 Å². The lowest BCUT2D eigenvalue weighted by molar-refractivity contribution is -0.139. The molecule has 6 heteroatoms. The predicted molar refractivity (Wildman–Crippen MR) is 59.0 cm³/mol. The van der Waals surface area contributed by atoms with Gasteiger partial charge in [-0.15, -0.1) is 0 Å². The molecule has 1 saturated carbocycles. The fourth-order valence-electron chi connectivity index (χ4n) is 1.68. The molecule has 0 bridgehead atoms. The summed E-state index contributed by atoms with van der Waals surface area (Å²) in [5.74, 6) is -3.26. The van der Waals surface area contributed by atoms with Crippen LogP contribution in [0, 0.1) is 29.0 Å². The molecule has 5 nitrogen and oxygen atoms in total. The molecule has 0 heterocycles. The molecule has 1 aliphatic carbocycles. The number of amides is 1. The van der Waals surface area contributed by atoms with E-state index in [4.69, 9.17) is 10.4 Å². The molecule has 2 N–H and O–H groups in total. The van der Waals surface area contributed by atoms with Gasteiger partial charge in [0.1, 0.15) is 11.9 Å². The first kappa shape index (κ1) is 12.0. The molecule has 18 heavy (non-hydrogen) atoms. The van der Waals surface area contributed by atoms with Crippen molar-refractivity contribution < 1.29 is 19.1 Å². The van der Waals surface area contributed by atoms with Crippen molar-refractivity contribution in [3.8, 4) is 6.07 Å². The molecule has 92 valence electrons. The second-order valence-electron chi connectivity index (χ2n) is 4.08. The molecular formula is C12H9FN2O3. The van der Waals surface area contributed by atoms with Gasteiger partial charge < -0.3 is 10.4 Å². The van der Waals surface area contributed by atoms with E-state index < -0.39 is 29.5 Å². The highest BCUT2D eigenvalue weighted by Gasteiger charge is 2.48. The Morgan fingerprint density at radius 2 is 2.17 bits per heavy atom. The second-order valence-corrected chi connectivity index (χ2v) is 4.08. The number of hydrogen-bond acceptors (Lipinski definition) is 3. The van der Waals surface area contributed by atoms with Crippen LogP contribution < -0.4 is 5.32 Å². The number of benzene rings is 1. The summed E-state index contributed by atoms with van der Waals surface area (Å²) in [7, 11) is 0. The van der Waals surface area contributed by atoms with Crippen LogP contribution >= 0.6 is 0 Å². The van der Waals surface area contributed by atoms with Crippen LogP contribution in [-0.2, 0) is 9.59 Å². The van der Waals surface area contributed by atoms with Gasteiger partial charge in [0.05, 0.1) is 17.4 Å². The van der Waals surface area contributed by atoms with Crippen molar-refractivity contribution in [1.29, 1.82) is 5.26 Å². The smallest absolute Gasteiger partial charge is 0.307 e. The van der Waals surface area contributed by atoms with E-state index >= 15 is 0 Å². The van der Waals surface area contributed by atoms with E-state index in [2.05, 4.69) is 5.32 Å². The molecule has 0 aromatic heterocycles. The topological polar surface area (TPSA) is 90.2 Å². The van der Waals surface area contributed by atoms with Gasteiger partial charge in [-0.1, -0.05) is 0 Å². The summed E-state index contributed by atoms with van der Waals surface area (Å²) in [5.41, 5.74) is 0.118. The molecule has 0 saturated heterocycles. The van der Waals surface area contributed by atoms with Crippen molar-refractivity contribution in [2.75, 3.05) is 5.32 Å². The zero-order valence-electron chi connectivity index (χ0n) is 9.18. The molecule has 1 aromatic rings. The number of nitriles is 1. The van der Waals surface area contributed by atoms with Crippen molar-refractivity contribution in [3.05, 3.63) is 29.6 Å². The summed E-state index contributed by atoms with van der Waals surface area (Å²) in [4.78, 5) is 22.2. The number of carbonyl (C=O) groups is 2. The third kappa shape index (κ3) is 2.30. The van der Waals surface area contributed by atoms with Gasteiger partial charge in [0.15, 0.2) is 0 Å². The number of nitrogens with one attached hydrogen (secondary N) is 1. The van der Waals surface area contributed by atoms with Crippen LogP contribution in [0.4, 0.5) is 10.1 Å². The Morgan fingerprint density at radius 1 is 1.44 bits per heavy atom. The highest BCUT2D eigenvalue weighted by atomic mass is 19.1. The van der Waals surface area contributed by atoms with Crippen molar-refractivity contribution >= 4 is 17.6 Å². The molecule has 1 aliphatic rings. The van der Waals surface area contributed by atoms with Crippen LogP contribution in [0.25, 0.3) is 0 Å². The normalized spacial score (nSPS) is 20.9. The minimum absolute atomic E-state index is 0.168. The van der Waals surface area contributed by atoms with Gasteiger partial charge in [0.2, 0.25) is 5.91 Å². The van der Waals surface area contributed by atoms with Crippen molar-refractivity contribution in [1.82, 2.24) is 0 Å². The van der Waals surface area contributed by atoms with E-state index in [1.54, 1.807) is 6.07 Å². The first-order valence-corrected chi connectivity index (χ1v) is 5.26. The van der Waals surface area contributed by atoms with Crippen LogP contribution in [0.15, 0.2) is 18.2 Å². The zero-order chi connectivity index (χ0) is 13.3. The van der Waals surface area contributed by atoms with Crippen LogP contribution in [0.5, 0.6) is 0 Å². The molecule has 0 radical (unpaired) electrons. The summed E-state index contributed by atoms with van der Waals surface area (Å²) >= 11 is 0. The van der Waals surface area contributed by atoms with Gasteiger partial charge in [-0.2, -0.15) is 5.26 Å². The van der Waals surface area contributed by atoms with Crippen molar-refractivity contribution in [2.24, 2.45) is 11.8 Å². The lowest BCUT2D eigenvalue weighted by Gasteiger charge is -2.04. The average Bonchev–Trinajstić information content (AvgIpc) is 3.11. The Bertz CT molecular complexity index is 565. The van der Waals surface area contributed by atoms with E-state index in [1.807, 2.05) is 0 Å². The minimum atomic E-state index is -0.994. The second kappa shape index (κ2) is 4.45. The Labute approximate surface area is 102 Å². The van der Waals surface area contributed by atoms with E-state index in [9.17, 15) is 14.0 Å². The van der Waals surface area contributed by atoms with E-state index in [-0.39, 0.29) is 11.3 Å². The number of carbonyl (C=O) groups excluding carboxylic acids is 1. The predicted octanol–water partition coefficient (Wildman–Crippen LogP) is 1.36. The zero-order valence-corrected chi connectivity index (χ0v) is 9.18. The first-order valence-electron chi connectivity index (χ1n) is 5.26. The Morgan fingerprint density at radius 3 is 2.72 bits per heavy atom. The molecule has 1 fully saturated rings. The summed E-state index contributed by atoms with van der Waals surface area (Å²) in [5, 5.41) is 19.8. The fourth-order valence-corrected chi connectivity index (χ4v) is 1.68. The first-order chi connectivity index (χ1) is 8.52. The maximum atomic E-state index is 13.0. The minimum Gasteiger partial charge on any atom is -0.481 e. The van der Waals surface area contributed by atoms with Gasteiger partial charge >= 0.3 is 5.97 Å². The molecule has 2 atom stereocenters. The summed E-state index contributed by atoms with van der Waals surface area (Å²) in [6.07, 6.45) is 0.313. The van der Waals surface area contributed by atoms with Gasteiger partial charge in [-0.3, -0.25) is 9.59 Å². The summed E-state index contributed by atoms with van der Waals surface area (Å²) < 4.78 is 13.0. The Balaban J connectivity index is 2.05. The number of aliphatic carboxylic acids is 1. The van der Waals surface area contributed by atoms with Crippen molar-refractivity contribution in [3.63, 3.8) is 0 Å². The molecule has 0 spiro atoms. The summed E-state index contributed by atoms with van der Waals surface area (Å²) in [6.45, 7) is 0.